The highest BCUT2D eigenvalue weighted by atomic mass is 35.5. The summed E-state index contributed by atoms with van der Waals surface area (Å²) in [4.78, 5) is 0. The number of methoxy groups -OCH3 is 1. The largest absolute Gasteiger partial charge is 0.493 e. The summed E-state index contributed by atoms with van der Waals surface area (Å²) in [5.74, 6) is 0.0779. The molecule has 0 radical (unpaired) electrons. The number of nitrogens with zero attached hydrogens (tertiary/aromatic N) is 2. The van der Waals surface area contributed by atoms with Crippen LogP contribution in [0.15, 0.2) is 24.4 Å². The van der Waals surface area contributed by atoms with Crippen LogP contribution in [0.1, 0.15) is 37.2 Å². The maximum absolute atomic E-state index is 14.0. The van der Waals surface area contributed by atoms with Crippen molar-refractivity contribution < 1.29 is 9.13 Å². The van der Waals surface area contributed by atoms with Gasteiger partial charge in [0, 0.05) is 16.6 Å². The smallest absolute Gasteiger partial charge is 0.161 e. The zero-order valence-electron chi connectivity index (χ0n) is 11.6. The number of hydrogen-bond donors (Lipinski definition) is 1. The molecular formula is C14H17ClFN3O. The second-order valence-electron chi connectivity index (χ2n) is 4.75. The topological polar surface area (TPSA) is 53.1 Å². The van der Waals surface area contributed by atoms with E-state index in [0.717, 1.165) is 0 Å². The van der Waals surface area contributed by atoms with E-state index in [9.17, 15) is 4.39 Å². The first-order valence-electron chi connectivity index (χ1n) is 6.28. The highest BCUT2D eigenvalue weighted by Gasteiger charge is 2.25. The third kappa shape index (κ3) is 2.51. The quantitative estimate of drug-likeness (QED) is 0.942. The van der Waals surface area contributed by atoms with Gasteiger partial charge in [0.1, 0.15) is 11.5 Å². The van der Waals surface area contributed by atoms with Gasteiger partial charge in [-0.05, 0) is 26.0 Å². The minimum atomic E-state index is -0.747. The Morgan fingerprint density at radius 3 is 2.65 bits per heavy atom. The minimum absolute atomic E-state index is 0.0745. The van der Waals surface area contributed by atoms with Crippen molar-refractivity contribution in [2.45, 2.75) is 25.9 Å². The molecule has 0 aliphatic heterocycles. The first-order valence-corrected chi connectivity index (χ1v) is 6.66. The maximum atomic E-state index is 14.0. The minimum Gasteiger partial charge on any atom is -0.493 e. The first kappa shape index (κ1) is 14.8. The van der Waals surface area contributed by atoms with Crippen molar-refractivity contribution >= 4 is 11.6 Å². The van der Waals surface area contributed by atoms with E-state index in [1.807, 2.05) is 13.8 Å². The predicted octanol–water partition coefficient (Wildman–Crippen LogP) is 3.31. The second kappa shape index (κ2) is 5.81. The average Bonchev–Trinajstić information content (AvgIpc) is 2.82. The van der Waals surface area contributed by atoms with Crippen LogP contribution >= 0.6 is 11.6 Å². The lowest BCUT2D eigenvalue weighted by Crippen LogP contribution is -2.21. The van der Waals surface area contributed by atoms with Crippen molar-refractivity contribution in [3.05, 3.63) is 46.5 Å². The van der Waals surface area contributed by atoms with Gasteiger partial charge in [-0.15, -0.1) is 0 Å². The standard InChI is InChI=1S/C14H17ClFN3O/c1-8(2)19-14(11(20-3)7-18-19)13(17)12-9(15)5-4-6-10(12)16/h4-8,13H,17H2,1-3H3. The van der Waals surface area contributed by atoms with Crippen LogP contribution in [0.5, 0.6) is 5.75 Å². The molecule has 1 aromatic carbocycles. The Kier molecular flexibility index (Phi) is 4.30. The van der Waals surface area contributed by atoms with Crippen LogP contribution in [0.25, 0.3) is 0 Å². The number of hydrogen-bond acceptors (Lipinski definition) is 3. The molecule has 0 bridgehead atoms. The Balaban J connectivity index is 2.58. The molecule has 1 unspecified atom stereocenters. The van der Waals surface area contributed by atoms with Crippen molar-refractivity contribution in [2.75, 3.05) is 7.11 Å². The monoisotopic (exact) mass is 297 g/mol. The van der Waals surface area contributed by atoms with Gasteiger partial charge >= 0.3 is 0 Å². The van der Waals surface area contributed by atoms with Crippen molar-refractivity contribution in [1.82, 2.24) is 9.78 Å². The molecule has 20 heavy (non-hydrogen) atoms. The summed E-state index contributed by atoms with van der Waals surface area (Å²) in [5, 5.41) is 4.53. The van der Waals surface area contributed by atoms with Gasteiger partial charge in [-0.3, -0.25) is 4.68 Å². The molecular weight excluding hydrogens is 281 g/mol. The summed E-state index contributed by atoms with van der Waals surface area (Å²) in [6, 6.07) is 3.82. The van der Waals surface area contributed by atoms with E-state index in [4.69, 9.17) is 22.1 Å². The highest BCUT2D eigenvalue weighted by Crippen LogP contribution is 2.34. The number of aromatic nitrogens is 2. The van der Waals surface area contributed by atoms with Crippen LogP contribution in [-0.2, 0) is 0 Å². The molecule has 1 heterocycles. The van der Waals surface area contributed by atoms with Gasteiger partial charge < -0.3 is 10.5 Å². The second-order valence-corrected chi connectivity index (χ2v) is 5.16. The lowest BCUT2D eigenvalue weighted by atomic mass is 10.0. The molecule has 1 aromatic heterocycles. The molecule has 0 aliphatic carbocycles. The SMILES string of the molecule is COc1cnn(C(C)C)c1C(N)c1c(F)cccc1Cl. The normalized spacial score (nSPS) is 12.8. The van der Waals surface area contributed by atoms with Crippen LogP contribution in [0, 0.1) is 5.82 Å². The fraction of sp³-hybridized carbons (Fsp3) is 0.357. The Morgan fingerprint density at radius 2 is 2.10 bits per heavy atom. The molecule has 1 atom stereocenters. The van der Waals surface area contributed by atoms with Crippen molar-refractivity contribution in [1.29, 1.82) is 0 Å². The van der Waals surface area contributed by atoms with E-state index in [1.165, 1.54) is 13.2 Å². The third-order valence-electron chi connectivity index (χ3n) is 3.11. The zero-order chi connectivity index (χ0) is 14.9. The van der Waals surface area contributed by atoms with Crippen molar-refractivity contribution in [3.8, 4) is 5.75 Å². The maximum Gasteiger partial charge on any atom is 0.161 e. The molecule has 0 saturated heterocycles. The molecule has 108 valence electrons. The number of benzene rings is 1. The molecule has 6 heteroatoms. The summed E-state index contributed by atoms with van der Waals surface area (Å²) in [5.41, 5.74) is 7.06. The molecule has 0 aliphatic rings. The highest BCUT2D eigenvalue weighted by molar-refractivity contribution is 6.31. The number of ether oxygens (including phenoxy) is 1. The predicted molar refractivity (Wildman–Crippen MR) is 76.6 cm³/mol. The molecule has 0 spiro atoms. The molecule has 4 nitrogen and oxygen atoms in total. The lowest BCUT2D eigenvalue weighted by molar-refractivity contribution is 0.400. The van der Waals surface area contributed by atoms with Gasteiger partial charge in [0.2, 0.25) is 0 Å². The average molecular weight is 298 g/mol. The van der Waals surface area contributed by atoms with Gasteiger partial charge in [0.15, 0.2) is 5.75 Å². The van der Waals surface area contributed by atoms with Gasteiger partial charge in [-0.2, -0.15) is 5.10 Å². The fourth-order valence-electron chi connectivity index (χ4n) is 2.16. The van der Waals surface area contributed by atoms with Crippen molar-refractivity contribution in [2.24, 2.45) is 5.73 Å². The van der Waals surface area contributed by atoms with E-state index in [2.05, 4.69) is 5.10 Å². The van der Waals surface area contributed by atoms with Gasteiger partial charge in [0.05, 0.1) is 19.3 Å². The molecule has 2 N–H and O–H groups in total. The molecule has 0 amide bonds. The number of halogens is 2. The first-order chi connectivity index (χ1) is 9.47. The molecule has 0 saturated carbocycles. The van der Waals surface area contributed by atoms with E-state index in [0.29, 0.717) is 11.4 Å². The van der Waals surface area contributed by atoms with Crippen LogP contribution in [0.4, 0.5) is 4.39 Å². The lowest BCUT2D eigenvalue weighted by Gasteiger charge is -2.19. The van der Waals surface area contributed by atoms with E-state index >= 15 is 0 Å². The van der Waals surface area contributed by atoms with Crippen LogP contribution in [0.3, 0.4) is 0 Å². The van der Waals surface area contributed by atoms with Gasteiger partial charge in [-0.1, -0.05) is 17.7 Å². The Hall–Kier alpha value is -1.59. The summed E-state index contributed by atoms with van der Waals surface area (Å²) in [6.07, 6.45) is 1.57. The summed E-state index contributed by atoms with van der Waals surface area (Å²) in [6.45, 7) is 3.93. The van der Waals surface area contributed by atoms with E-state index < -0.39 is 11.9 Å². The Labute approximate surface area is 122 Å². The van der Waals surface area contributed by atoms with Gasteiger partial charge in [-0.25, -0.2) is 4.39 Å². The summed E-state index contributed by atoms with van der Waals surface area (Å²) < 4.78 is 21.0. The Morgan fingerprint density at radius 1 is 1.40 bits per heavy atom. The number of rotatable bonds is 4. The number of nitrogens with two attached hydrogens (primary N) is 1. The van der Waals surface area contributed by atoms with Crippen LogP contribution in [-0.4, -0.2) is 16.9 Å². The molecule has 2 rings (SSSR count). The van der Waals surface area contributed by atoms with E-state index in [-0.39, 0.29) is 16.6 Å². The Bertz CT molecular complexity index is 592. The molecule has 2 aromatic rings. The molecule has 0 fully saturated rings. The summed E-state index contributed by atoms with van der Waals surface area (Å²) in [7, 11) is 1.53. The van der Waals surface area contributed by atoms with Gasteiger partial charge in [0.25, 0.3) is 0 Å². The van der Waals surface area contributed by atoms with Crippen LogP contribution < -0.4 is 10.5 Å². The third-order valence-corrected chi connectivity index (χ3v) is 3.44. The van der Waals surface area contributed by atoms with Crippen LogP contribution in [0.2, 0.25) is 5.02 Å². The zero-order valence-corrected chi connectivity index (χ0v) is 12.4. The van der Waals surface area contributed by atoms with Crippen molar-refractivity contribution in [3.63, 3.8) is 0 Å². The fourth-order valence-corrected chi connectivity index (χ4v) is 2.45. The van der Waals surface area contributed by atoms with E-state index in [1.54, 1.807) is 23.0 Å². The summed E-state index contributed by atoms with van der Waals surface area (Å²) >= 11 is 6.08.